The fourth-order valence-electron chi connectivity index (χ4n) is 3.29. The minimum Gasteiger partial charge on any atom is -0.340 e. The Hall–Kier alpha value is -3.73. The highest BCUT2D eigenvalue weighted by molar-refractivity contribution is 5.91. The first-order valence-electron chi connectivity index (χ1n) is 8.83. The largest absolute Gasteiger partial charge is 0.340 e. The molecule has 0 saturated heterocycles. The first kappa shape index (κ1) is 15.5. The van der Waals surface area contributed by atoms with E-state index >= 15 is 0 Å². The van der Waals surface area contributed by atoms with Crippen LogP contribution in [0.25, 0.3) is 21.8 Å². The minimum atomic E-state index is 0.758. The van der Waals surface area contributed by atoms with E-state index in [1.807, 2.05) is 41.2 Å². The smallest absolute Gasteiger partial charge is 0.141 e. The van der Waals surface area contributed by atoms with E-state index < -0.39 is 0 Å². The van der Waals surface area contributed by atoms with Crippen LogP contribution >= 0.6 is 0 Å². The van der Waals surface area contributed by atoms with Crippen LogP contribution in [-0.2, 0) is 6.54 Å². The summed E-state index contributed by atoms with van der Waals surface area (Å²) in [5.74, 6) is 0.802. The zero-order valence-electron chi connectivity index (χ0n) is 14.6. The molecule has 1 N–H and O–H groups in total. The standard InChI is InChI=1S/C22H17N5/c1-2-6-16(7-3-1)14-27-21-11-10-18(12-17(21)13-25-27)26-22-19-8-4-5-9-20(19)23-15-24-22/h1-13,15H,14H2,(H,23,24,26). The second-order valence-electron chi connectivity index (χ2n) is 6.43. The van der Waals surface area contributed by atoms with Crippen molar-refractivity contribution in [3.63, 3.8) is 0 Å². The van der Waals surface area contributed by atoms with Gasteiger partial charge in [0.15, 0.2) is 0 Å². The second kappa shape index (κ2) is 6.53. The molecule has 27 heavy (non-hydrogen) atoms. The molecule has 2 aromatic heterocycles. The fourth-order valence-corrected chi connectivity index (χ4v) is 3.29. The van der Waals surface area contributed by atoms with Crippen LogP contribution in [0.4, 0.5) is 11.5 Å². The number of nitrogens with one attached hydrogen (secondary N) is 1. The molecule has 0 aliphatic rings. The molecule has 5 nitrogen and oxygen atoms in total. The van der Waals surface area contributed by atoms with E-state index in [0.29, 0.717) is 0 Å². The summed E-state index contributed by atoms with van der Waals surface area (Å²) in [6.07, 6.45) is 3.49. The number of para-hydroxylation sites is 1. The molecule has 5 rings (SSSR count). The van der Waals surface area contributed by atoms with Crippen molar-refractivity contribution in [1.82, 2.24) is 19.7 Å². The molecule has 0 aliphatic carbocycles. The minimum absolute atomic E-state index is 0.758. The van der Waals surface area contributed by atoms with Gasteiger partial charge in [-0.2, -0.15) is 5.10 Å². The summed E-state index contributed by atoms with van der Waals surface area (Å²) in [5, 5.41) is 10.1. The zero-order chi connectivity index (χ0) is 18.1. The lowest BCUT2D eigenvalue weighted by molar-refractivity contribution is 0.712. The highest BCUT2D eigenvalue weighted by Crippen LogP contribution is 2.25. The van der Waals surface area contributed by atoms with Crippen molar-refractivity contribution in [1.29, 1.82) is 0 Å². The molecule has 5 heteroatoms. The molecule has 5 aromatic rings. The van der Waals surface area contributed by atoms with Crippen molar-refractivity contribution < 1.29 is 0 Å². The number of aromatic nitrogens is 4. The van der Waals surface area contributed by atoms with Crippen LogP contribution in [0.15, 0.2) is 85.3 Å². The molecule has 0 aliphatic heterocycles. The summed E-state index contributed by atoms with van der Waals surface area (Å²) in [5.41, 5.74) is 4.24. The number of fused-ring (bicyclic) bond motifs is 2. The lowest BCUT2D eigenvalue weighted by atomic mass is 10.2. The quantitative estimate of drug-likeness (QED) is 0.507. The Balaban J connectivity index is 1.47. The third kappa shape index (κ3) is 3.00. The van der Waals surface area contributed by atoms with Crippen molar-refractivity contribution >= 4 is 33.3 Å². The molecular formula is C22H17N5. The maximum Gasteiger partial charge on any atom is 0.141 e. The summed E-state index contributed by atoms with van der Waals surface area (Å²) in [6, 6.07) is 24.6. The van der Waals surface area contributed by atoms with E-state index in [2.05, 4.69) is 62.8 Å². The Morgan fingerprint density at radius 1 is 0.852 bits per heavy atom. The van der Waals surface area contributed by atoms with E-state index in [1.165, 1.54) is 5.56 Å². The van der Waals surface area contributed by atoms with Gasteiger partial charge in [-0.15, -0.1) is 0 Å². The van der Waals surface area contributed by atoms with Crippen molar-refractivity contribution in [2.45, 2.75) is 6.54 Å². The highest BCUT2D eigenvalue weighted by atomic mass is 15.3. The van der Waals surface area contributed by atoms with Gasteiger partial charge in [-0.25, -0.2) is 9.97 Å². The van der Waals surface area contributed by atoms with Crippen LogP contribution in [0.2, 0.25) is 0 Å². The van der Waals surface area contributed by atoms with Crippen LogP contribution in [0.5, 0.6) is 0 Å². The van der Waals surface area contributed by atoms with Crippen LogP contribution in [0, 0.1) is 0 Å². The summed E-state index contributed by atoms with van der Waals surface area (Å²) in [4.78, 5) is 8.71. The van der Waals surface area contributed by atoms with E-state index in [-0.39, 0.29) is 0 Å². The molecule has 0 unspecified atom stereocenters. The predicted octanol–water partition coefficient (Wildman–Crippen LogP) is 4.77. The monoisotopic (exact) mass is 351 g/mol. The normalized spacial score (nSPS) is 11.1. The Labute approximate surface area is 156 Å². The topological polar surface area (TPSA) is 55.6 Å². The average Bonchev–Trinajstić information content (AvgIpc) is 3.11. The first-order chi connectivity index (χ1) is 13.4. The number of nitrogens with zero attached hydrogens (tertiary/aromatic N) is 4. The van der Waals surface area contributed by atoms with Crippen molar-refractivity contribution in [3.05, 3.63) is 90.9 Å². The predicted molar refractivity (Wildman–Crippen MR) is 108 cm³/mol. The number of benzene rings is 3. The summed E-state index contributed by atoms with van der Waals surface area (Å²) >= 11 is 0. The third-order valence-corrected chi connectivity index (χ3v) is 4.62. The molecular weight excluding hydrogens is 334 g/mol. The molecule has 2 heterocycles. The van der Waals surface area contributed by atoms with Gasteiger partial charge in [0.2, 0.25) is 0 Å². The van der Waals surface area contributed by atoms with Gasteiger partial charge < -0.3 is 5.32 Å². The summed E-state index contributed by atoms with van der Waals surface area (Å²) < 4.78 is 2.02. The Morgan fingerprint density at radius 3 is 2.63 bits per heavy atom. The van der Waals surface area contributed by atoms with Gasteiger partial charge in [-0.05, 0) is 35.9 Å². The number of hydrogen-bond acceptors (Lipinski definition) is 4. The SMILES string of the molecule is c1ccc(Cn2ncc3cc(Nc4ncnc5ccccc45)ccc32)cc1. The van der Waals surface area contributed by atoms with E-state index in [0.717, 1.165) is 39.9 Å². The molecule has 0 fully saturated rings. The van der Waals surface area contributed by atoms with Crippen molar-refractivity contribution in [3.8, 4) is 0 Å². The van der Waals surface area contributed by atoms with E-state index in [1.54, 1.807) is 6.33 Å². The maximum absolute atomic E-state index is 4.55. The van der Waals surface area contributed by atoms with E-state index in [9.17, 15) is 0 Å². The number of rotatable bonds is 4. The van der Waals surface area contributed by atoms with Gasteiger partial charge >= 0.3 is 0 Å². The van der Waals surface area contributed by atoms with Crippen LogP contribution in [-0.4, -0.2) is 19.7 Å². The molecule has 3 aromatic carbocycles. The second-order valence-corrected chi connectivity index (χ2v) is 6.43. The van der Waals surface area contributed by atoms with Crippen LogP contribution in [0.3, 0.4) is 0 Å². The van der Waals surface area contributed by atoms with Crippen molar-refractivity contribution in [2.24, 2.45) is 0 Å². The number of anilines is 2. The zero-order valence-corrected chi connectivity index (χ0v) is 14.6. The fraction of sp³-hybridized carbons (Fsp3) is 0.0455. The number of hydrogen-bond donors (Lipinski definition) is 1. The summed E-state index contributed by atoms with van der Waals surface area (Å²) in [7, 11) is 0. The Morgan fingerprint density at radius 2 is 1.70 bits per heavy atom. The van der Waals surface area contributed by atoms with Gasteiger partial charge in [0.05, 0.1) is 23.8 Å². The molecule has 0 saturated carbocycles. The molecule has 130 valence electrons. The van der Waals surface area contributed by atoms with Gasteiger partial charge in [0.25, 0.3) is 0 Å². The lowest BCUT2D eigenvalue weighted by Crippen LogP contribution is -2.01. The van der Waals surface area contributed by atoms with Crippen LogP contribution < -0.4 is 5.32 Å². The summed E-state index contributed by atoms with van der Waals surface area (Å²) in [6.45, 7) is 0.758. The Kier molecular flexibility index (Phi) is 3.76. The van der Waals surface area contributed by atoms with E-state index in [4.69, 9.17) is 0 Å². The molecule has 0 radical (unpaired) electrons. The van der Waals surface area contributed by atoms with Crippen molar-refractivity contribution in [2.75, 3.05) is 5.32 Å². The lowest BCUT2D eigenvalue weighted by Gasteiger charge is -2.09. The van der Waals surface area contributed by atoms with Gasteiger partial charge in [-0.3, -0.25) is 4.68 Å². The first-order valence-corrected chi connectivity index (χ1v) is 8.83. The Bertz CT molecular complexity index is 1220. The van der Waals surface area contributed by atoms with Crippen LogP contribution in [0.1, 0.15) is 5.56 Å². The van der Waals surface area contributed by atoms with Gasteiger partial charge in [0.1, 0.15) is 12.1 Å². The average molecular weight is 351 g/mol. The molecule has 0 amide bonds. The molecule has 0 atom stereocenters. The third-order valence-electron chi connectivity index (χ3n) is 4.62. The maximum atomic E-state index is 4.55. The molecule has 0 spiro atoms. The van der Waals surface area contributed by atoms with Gasteiger partial charge in [-0.1, -0.05) is 42.5 Å². The highest BCUT2D eigenvalue weighted by Gasteiger charge is 2.07. The molecule has 0 bridgehead atoms. The van der Waals surface area contributed by atoms with Gasteiger partial charge in [0, 0.05) is 16.5 Å².